The number of hydrogen-bond donors (Lipinski definition) is 0. The maximum Gasteiger partial charge on any atom is 0.143 e. The van der Waals surface area contributed by atoms with Crippen LogP contribution in [0.25, 0.3) is 55.0 Å². The van der Waals surface area contributed by atoms with E-state index in [-0.39, 0.29) is 5.41 Å². The Balaban J connectivity index is 1.33. The van der Waals surface area contributed by atoms with Gasteiger partial charge in [0.15, 0.2) is 0 Å². The summed E-state index contributed by atoms with van der Waals surface area (Å²) in [4.78, 5) is 2.31. The first-order valence-corrected chi connectivity index (χ1v) is 14.4. The van der Waals surface area contributed by atoms with Gasteiger partial charge in [-0.15, -0.1) is 0 Å². The fraction of sp³-hybridized carbons (Fsp3) is 0.0769. The van der Waals surface area contributed by atoms with Gasteiger partial charge in [0, 0.05) is 44.6 Å². The molecule has 0 atom stereocenters. The van der Waals surface area contributed by atoms with Crippen LogP contribution in [0.2, 0.25) is 0 Å². The maximum absolute atomic E-state index is 6.77. The first-order valence-electron chi connectivity index (χ1n) is 14.4. The second-order valence-corrected chi connectivity index (χ2v) is 11.7. The standard InChI is InChI=1S/C39H27NO2/c1-39(2)30-15-8-6-14-28(30)36-31(39)22-21-29-37-32(16-10-18-34(37)42-38(29)36)40(24-11-4-3-5-12-24)25-19-20-27-26-13-7-9-17-33(26)41-35(27)23-25/h3-23H,1-2H3. The Morgan fingerprint density at radius 1 is 0.524 bits per heavy atom. The van der Waals surface area contributed by atoms with Crippen LogP contribution < -0.4 is 4.90 Å². The van der Waals surface area contributed by atoms with Crippen molar-refractivity contribution in [3.8, 4) is 11.1 Å². The van der Waals surface area contributed by atoms with Crippen molar-refractivity contribution in [2.45, 2.75) is 19.3 Å². The Morgan fingerprint density at radius 2 is 1.26 bits per heavy atom. The molecule has 0 saturated carbocycles. The molecule has 2 aromatic heterocycles. The topological polar surface area (TPSA) is 29.5 Å². The molecule has 0 spiro atoms. The predicted octanol–water partition coefficient (Wildman–Crippen LogP) is 11.3. The van der Waals surface area contributed by atoms with Crippen LogP contribution >= 0.6 is 0 Å². The van der Waals surface area contributed by atoms with Crippen molar-refractivity contribution in [1.29, 1.82) is 0 Å². The Kier molecular flexibility index (Phi) is 4.67. The molecule has 1 aliphatic rings. The van der Waals surface area contributed by atoms with Crippen LogP contribution in [0.1, 0.15) is 25.0 Å². The molecule has 0 aliphatic heterocycles. The molecule has 0 saturated heterocycles. The Labute approximate surface area is 243 Å². The highest BCUT2D eigenvalue weighted by Gasteiger charge is 2.37. The third kappa shape index (κ3) is 3.11. The smallest absolute Gasteiger partial charge is 0.143 e. The minimum atomic E-state index is -0.0833. The summed E-state index contributed by atoms with van der Waals surface area (Å²) < 4.78 is 13.1. The van der Waals surface area contributed by atoms with Crippen LogP contribution in [0.3, 0.4) is 0 Å². The molecule has 3 nitrogen and oxygen atoms in total. The number of benzene rings is 6. The number of anilines is 3. The summed E-state index contributed by atoms with van der Waals surface area (Å²) >= 11 is 0. The van der Waals surface area contributed by atoms with E-state index < -0.39 is 0 Å². The largest absolute Gasteiger partial charge is 0.456 e. The molecule has 6 aromatic carbocycles. The van der Waals surface area contributed by atoms with Gasteiger partial charge in [-0.2, -0.15) is 0 Å². The summed E-state index contributed by atoms with van der Waals surface area (Å²) in [5.41, 5.74) is 11.8. The number of furan rings is 2. The lowest BCUT2D eigenvalue weighted by Gasteiger charge is -2.26. The molecule has 9 rings (SSSR count). The van der Waals surface area contributed by atoms with Gasteiger partial charge in [-0.25, -0.2) is 0 Å². The van der Waals surface area contributed by atoms with E-state index >= 15 is 0 Å². The molecule has 0 bridgehead atoms. The summed E-state index contributed by atoms with van der Waals surface area (Å²) in [6, 6.07) is 44.9. The van der Waals surface area contributed by atoms with Crippen molar-refractivity contribution >= 4 is 60.9 Å². The number of nitrogens with zero attached hydrogens (tertiary/aromatic N) is 1. The van der Waals surface area contributed by atoms with Crippen molar-refractivity contribution in [2.75, 3.05) is 4.90 Å². The van der Waals surface area contributed by atoms with Gasteiger partial charge in [-0.05, 0) is 59.2 Å². The molecular weight excluding hydrogens is 514 g/mol. The highest BCUT2D eigenvalue weighted by atomic mass is 16.3. The molecule has 3 heteroatoms. The van der Waals surface area contributed by atoms with Gasteiger partial charge in [0.25, 0.3) is 0 Å². The summed E-state index contributed by atoms with van der Waals surface area (Å²) in [6.45, 7) is 4.62. The van der Waals surface area contributed by atoms with Gasteiger partial charge in [0.05, 0.1) is 11.1 Å². The molecule has 8 aromatic rings. The minimum Gasteiger partial charge on any atom is -0.456 e. The SMILES string of the molecule is CC1(C)c2ccccc2-c2c1ccc1c2oc2cccc(N(c3ccccc3)c3ccc4c(c3)oc3ccccc34)c21. The van der Waals surface area contributed by atoms with E-state index in [4.69, 9.17) is 8.83 Å². The zero-order valence-electron chi connectivity index (χ0n) is 23.4. The van der Waals surface area contributed by atoms with E-state index in [1.807, 2.05) is 12.1 Å². The predicted molar refractivity (Wildman–Crippen MR) is 173 cm³/mol. The van der Waals surface area contributed by atoms with Crippen molar-refractivity contribution in [3.05, 3.63) is 139 Å². The lowest BCUT2D eigenvalue weighted by atomic mass is 9.82. The van der Waals surface area contributed by atoms with Crippen LogP contribution in [0.5, 0.6) is 0 Å². The van der Waals surface area contributed by atoms with E-state index in [1.165, 1.54) is 22.3 Å². The highest BCUT2D eigenvalue weighted by molar-refractivity contribution is 6.17. The Morgan fingerprint density at radius 3 is 2.17 bits per heavy atom. The number of rotatable bonds is 3. The van der Waals surface area contributed by atoms with E-state index in [0.717, 1.165) is 60.9 Å². The molecule has 0 unspecified atom stereocenters. The second-order valence-electron chi connectivity index (χ2n) is 11.7. The molecule has 0 amide bonds. The lowest BCUT2D eigenvalue weighted by Crippen LogP contribution is -2.14. The van der Waals surface area contributed by atoms with E-state index in [2.05, 4.69) is 134 Å². The zero-order valence-corrected chi connectivity index (χ0v) is 23.4. The van der Waals surface area contributed by atoms with Crippen molar-refractivity contribution < 1.29 is 8.83 Å². The first-order chi connectivity index (χ1) is 20.6. The Hall–Kier alpha value is -5.28. The van der Waals surface area contributed by atoms with Crippen molar-refractivity contribution in [2.24, 2.45) is 0 Å². The van der Waals surface area contributed by atoms with Gasteiger partial charge in [0.2, 0.25) is 0 Å². The molecule has 2 heterocycles. The van der Waals surface area contributed by atoms with Crippen LogP contribution in [-0.2, 0) is 5.41 Å². The maximum atomic E-state index is 6.77. The van der Waals surface area contributed by atoms with Gasteiger partial charge >= 0.3 is 0 Å². The summed E-state index contributed by atoms with van der Waals surface area (Å²) in [6.07, 6.45) is 0. The fourth-order valence-electron chi connectivity index (χ4n) is 7.09. The van der Waals surface area contributed by atoms with E-state index in [9.17, 15) is 0 Å². The highest BCUT2D eigenvalue weighted by Crippen LogP contribution is 2.53. The van der Waals surface area contributed by atoms with E-state index in [1.54, 1.807) is 0 Å². The first kappa shape index (κ1) is 23.4. The monoisotopic (exact) mass is 541 g/mol. The minimum absolute atomic E-state index is 0.0833. The average molecular weight is 542 g/mol. The molecule has 200 valence electrons. The van der Waals surface area contributed by atoms with Gasteiger partial charge < -0.3 is 13.7 Å². The van der Waals surface area contributed by atoms with Crippen LogP contribution in [0, 0.1) is 0 Å². The van der Waals surface area contributed by atoms with Gasteiger partial charge in [-0.3, -0.25) is 0 Å². The fourth-order valence-corrected chi connectivity index (χ4v) is 7.09. The summed E-state index contributed by atoms with van der Waals surface area (Å²) in [7, 11) is 0. The number of para-hydroxylation sites is 2. The molecular formula is C39H27NO2. The summed E-state index contributed by atoms with van der Waals surface area (Å²) in [5.74, 6) is 0. The summed E-state index contributed by atoms with van der Waals surface area (Å²) in [5, 5.41) is 4.47. The quantitative estimate of drug-likeness (QED) is 0.223. The second kappa shape index (κ2) is 8.37. The number of fused-ring (bicyclic) bond motifs is 10. The number of hydrogen-bond acceptors (Lipinski definition) is 3. The third-order valence-electron chi connectivity index (χ3n) is 9.06. The van der Waals surface area contributed by atoms with Crippen molar-refractivity contribution in [3.63, 3.8) is 0 Å². The normalized spacial score (nSPS) is 13.7. The zero-order chi connectivity index (χ0) is 28.0. The molecule has 0 N–H and O–H groups in total. The average Bonchev–Trinajstić information content (AvgIpc) is 3.66. The lowest BCUT2D eigenvalue weighted by molar-refractivity contribution is 0.653. The Bertz CT molecular complexity index is 2340. The van der Waals surface area contributed by atoms with Crippen LogP contribution in [-0.4, -0.2) is 0 Å². The molecule has 42 heavy (non-hydrogen) atoms. The third-order valence-corrected chi connectivity index (χ3v) is 9.06. The molecule has 1 aliphatic carbocycles. The van der Waals surface area contributed by atoms with Gasteiger partial charge in [-0.1, -0.05) is 92.7 Å². The molecule has 0 fully saturated rings. The molecule has 0 radical (unpaired) electrons. The van der Waals surface area contributed by atoms with E-state index in [0.29, 0.717) is 0 Å². The van der Waals surface area contributed by atoms with Crippen LogP contribution in [0.4, 0.5) is 17.1 Å². The van der Waals surface area contributed by atoms with Crippen molar-refractivity contribution in [1.82, 2.24) is 0 Å². The van der Waals surface area contributed by atoms with Crippen LogP contribution in [0.15, 0.2) is 136 Å². The van der Waals surface area contributed by atoms with Gasteiger partial charge in [0.1, 0.15) is 22.3 Å².